The molecule has 27 heavy (non-hydrogen) atoms. The first-order chi connectivity index (χ1) is 13.1. The van der Waals surface area contributed by atoms with Crippen LogP contribution in [0.1, 0.15) is 130 Å². The topological polar surface area (TPSA) is 55.1 Å². The smallest absolute Gasteiger partial charge is 0.237 e. The molecule has 0 spiro atoms. The molecule has 0 rings (SSSR count). The van der Waals surface area contributed by atoms with Crippen LogP contribution in [0.25, 0.3) is 0 Å². The van der Waals surface area contributed by atoms with E-state index in [-0.39, 0.29) is 17.9 Å². The van der Waals surface area contributed by atoms with E-state index in [0.29, 0.717) is 0 Å². The lowest BCUT2D eigenvalue weighted by molar-refractivity contribution is -0.123. The molecule has 0 saturated carbocycles. The van der Waals surface area contributed by atoms with Gasteiger partial charge in [-0.25, -0.2) is 0 Å². The molecular weight excluding hydrogens is 332 g/mol. The number of carbonyl (C=O) groups excluding carboxylic acids is 1. The molecule has 3 nitrogen and oxygen atoms in total. The number of amides is 1. The lowest BCUT2D eigenvalue weighted by Crippen LogP contribution is -2.44. The molecule has 0 bridgehead atoms. The summed E-state index contributed by atoms with van der Waals surface area (Å²) in [6.45, 7) is 7.18. The van der Waals surface area contributed by atoms with E-state index in [4.69, 9.17) is 5.73 Å². The van der Waals surface area contributed by atoms with Crippen molar-refractivity contribution in [2.45, 2.75) is 136 Å². The van der Waals surface area contributed by atoms with Gasteiger partial charge >= 0.3 is 0 Å². The Balaban J connectivity index is 3.20. The van der Waals surface area contributed by atoms with Crippen LogP contribution in [-0.2, 0) is 4.79 Å². The third kappa shape index (κ3) is 17.3. The van der Waals surface area contributed by atoms with Gasteiger partial charge in [0.15, 0.2) is 0 Å². The number of hydrogen-bond acceptors (Lipinski definition) is 2. The van der Waals surface area contributed by atoms with Gasteiger partial charge in [-0.05, 0) is 12.3 Å². The van der Waals surface area contributed by atoms with E-state index in [2.05, 4.69) is 19.2 Å². The van der Waals surface area contributed by atoms with Crippen molar-refractivity contribution in [2.75, 3.05) is 6.54 Å². The monoisotopic (exact) mass is 382 g/mol. The van der Waals surface area contributed by atoms with Crippen LogP contribution in [0.4, 0.5) is 0 Å². The van der Waals surface area contributed by atoms with E-state index in [1.807, 2.05) is 6.92 Å². The molecule has 1 amide bonds. The van der Waals surface area contributed by atoms with Gasteiger partial charge in [0.05, 0.1) is 6.04 Å². The van der Waals surface area contributed by atoms with Crippen molar-refractivity contribution in [1.29, 1.82) is 0 Å². The van der Waals surface area contributed by atoms with Gasteiger partial charge in [0.2, 0.25) is 5.91 Å². The minimum absolute atomic E-state index is 0.0188. The predicted molar refractivity (Wildman–Crippen MR) is 120 cm³/mol. The van der Waals surface area contributed by atoms with Crippen molar-refractivity contribution >= 4 is 5.91 Å². The van der Waals surface area contributed by atoms with E-state index in [9.17, 15) is 4.79 Å². The van der Waals surface area contributed by atoms with Crippen molar-refractivity contribution < 1.29 is 4.79 Å². The summed E-state index contributed by atoms with van der Waals surface area (Å²) in [6, 6.07) is -0.351. The van der Waals surface area contributed by atoms with Crippen LogP contribution in [0.2, 0.25) is 0 Å². The fraction of sp³-hybridized carbons (Fsp3) is 0.958. The number of hydrogen-bond donors (Lipinski definition) is 2. The second-order valence-corrected chi connectivity index (χ2v) is 8.51. The summed E-state index contributed by atoms with van der Waals surface area (Å²) in [6.07, 6.45) is 22.9. The zero-order valence-corrected chi connectivity index (χ0v) is 18.9. The minimum atomic E-state index is -0.351. The molecule has 0 aliphatic heterocycles. The van der Waals surface area contributed by atoms with Gasteiger partial charge in [-0.2, -0.15) is 0 Å². The highest BCUT2D eigenvalue weighted by Gasteiger charge is 2.18. The van der Waals surface area contributed by atoms with E-state index < -0.39 is 0 Å². The standard InChI is InChI=1S/C24H50N2O/c1-4-6-7-8-9-10-11-12-13-14-15-16-17-18-19-20-21-26-24(27)23(25)22(3)5-2/h22-23H,4-21,25H2,1-3H3,(H,26,27)/t22-,23-/m0/s1. The highest BCUT2D eigenvalue weighted by molar-refractivity contribution is 5.81. The minimum Gasteiger partial charge on any atom is -0.355 e. The van der Waals surface area contributed by atoms with Crippen molar-refractivity contribution in [2.24, 2.45) is 11.7 Å². The first-order valence-corrected chi connectivity index (χ1v) is 12.2. The maximum Gasteiger partial charge on any atom is 0.237 e. The van der Waals surface area contributed by atoms with Crippen LogP contribution in [-0.4, -0.2) is 18.5 Å². The van der Waals surface area contributed by atoms with Crippen LogP contribution in [0.15, 0.2) is 0 Å². The third-order valence-electron chi connectivity index (χ3n) is 5.89. The molecule has 0 saturated heterocycles. The Labute approximate surface area is 170 Å². The molecule has 3 N–H and O–H groups in total. The van der Waals surface area contributed by atoms with Gasteiger partial charge in [-0.1, -0.05) is 124 Å². The average Bonchev–Trinajstić information content (AvgIpc) is 2.68. The van der Waals surface area contributed by atoms with Gasteiger partial charge in [0.1, 0.15) is 0 Å². The van der Waals surface area contributed by atoms with Gasteiger partial charge in [-0.3, -0.25) is 4.79 Å². The third-order valence-corrected chi connectivity index (χ3v) is 5.89. The summed E-state index contributed by atoms with van der Waals surface area (Å²) < 4.78 is 0. The van der Waals surface area contributed by atoms with Gasteiger partial charge in [0, 0.05) is 6.54 Å². The molecule has 0 aromatic carbocycles. The summed E-state index contributed by atoms with van der Waals surface area (Å²) in [7, 11) is 0. The van der Waals surface area contributed by atoms with Crippen LogP contribution < -0.4 is 11.1 Å². The second-order valence-electron chi connectivity index (χ2n) is 8.51. The molecule has 3 heteroatoms. The molecule has 2 atom stereocenters. The SMILES string of the molecule is CCCCCCCCCCCCCCCCCCNC(=O)[C@@H](N)[C@@H](C)CC. The van der Waals surface area contributed by atoms with Gasteiger partial charge in [-0.15, -0.1) is 0 Å². The van der Waals surface area contributed by atoms with Gasteiger partial charge < -0.3 is 11.1 Å². The Bertz CT molecular complexity index is 320. The fourth-order valence-corrected chi connectivity index (χ4v) is 3.51. The summed E-state index contributed by atoms with van der Waals surface area (Å²) in [4.78, 5) is 11.9. The average molecular weight is 383 g/mol. The molecule has 0 aromatic heterocycles. The Morgan fingerprint density at radius 2 is 1.07 bits per heavy atom. The lowest BCUT2D eigenvalue weighted by atomic mass is 9.99. The number of rotatable bonds is 20. The number of carbonyl (C=O) groups is 1. The zero-order chi connectivity index (χ0) is 20.2. The van der Waals surface area contributed by atoms with Crippen molar-refractivity contribution in [1.82, 2.24) is 5.32 Å². The molecular formula is C24H50N2O. The van der Waals surface area contributed by atoms with Crippen molar-refractivity contribution in [3.8, 4) is 0 Å². The van der Waals surface area contributed by atoms with Crippen molar-refractivity contribution in [3.63, 3.8) is 0 Å². The highest BCUT2D eigenvalue weighted by Crippen LogP contribution is 2.13. The summed E-state index contributed by atoms with van der Waals surface area (Å²) >= 11 is 0. The Hall–Kier alpha value is -0.570. The molecule has 0 aliphatic rings. The van der Waals surface area contributed by atoms with Crippen molar-refractivity contribution in [3.05, 3.63) is 0 Å². The molecule has 0 aliphatic carbocycles. The highest BCUT2D eigenvalue weighted by atomic mass is 16.2. The van der Waals surface area contributed by atoms with E-state index in [0.717, 1.165) is 19.4 Å². The Morgan fingerprint density at radius 1 is 0.704 bits per heavy atom. The second kappa shape index (κ2) is 20.2. The van der Waals surface area contributed by atoms with E-state index in [1.165, 1.54) is 96.3 Å². The molecule has 0 aromatic rings. The van der Waals surface area contributed by atoms with Gasteiger partial charge in [0.25, 0.3) is 0 Å². The molecule has 0 heterocycles. The maximum atomic E-state index is 11.9. The first kappa shape index (κ1) is 26.4. The zero-order valence-electron chi connectivity index (χ0n) is 18.9. The van der Waals surface area contributed by atoms with Crippen LogP contribution >= 0.6 is 0 Å². The summed E-state index contributed by atoms with van der Waals surface area (Å²) in [5, 5.41) is 2.98. The quantitative estimate of drug-likeness (QED) is 0.229. The number of nitrogens with two attached hydrogens (primary N) is 1. The molecule has 0 unspecified atom stereocenters. The Morgan fingerprint density at radius 3 is 1.44 bits per heavy atom. The van der Waals surface area contributed by atoms with E-state index >= 15 is 0 Å². The normalized spacial score (nSPS) is 13.5. The predicted octanol–water partition coefficient (Wildman–Crippen LogP) is 6.74. The fourth-order valence-electron chi connectivity index (χ4n) is 3.51. The number of unbranched alkanes of at least 4 members (excludes halogenated alkanes) is 15. The summed E-state index contributed by atoms with van der Waals surface area (Å²) in [5.74, 6) is 0.279. The maximum absolute atomic E-state index is 11.9. The summed E-state index contributed by atoms with van der Waals surface area (Å²) in [5.41, 5.74) is 5.93. The Kier molecular flexibility index (Phi) is 19.7. The first-order valence-electron chi connectivity index (χ1n) is 12.2. The lowest BCUT2D eigenvalue weighted by Gasteiger charge is -2.17. The number of nitrogens with one attached hydrogen (secondary N) is 1. The molecule has 0 radical (unpaired) electrons. The van der Waals surface area contributed by atoms with Crippen LogP contribution in [0.3, 0.4) is 0 Å². The van der Waals surface area contributed by atoms with Crippen LogP contribution in [0, 0.1) is 5.92 Å². The van der Waals surface area contributed by atoms with E-state index in [1.54, 1.807) is 0 Å². The molecule has 162 valence electrons. The molecule has 0 fully saturated rings. The van der Waals surface area contributed by atoms with Crippen LogP contribution in [0.5, 0.6) is 0 Å². The largest absolute Gasteiger partial charge is 0.355 e.